The smallest absolute Gasteiger partial charge is 0.408 e. The number of hydrogen-bond donors (Lipinski definition) is 6. The monoisotopic (exact) mass is 735 g/mol. The van der Waals surface area contributed by atoms with Crippen LogP contribution in [0.15, 0.2) is 127 Å². The van der Waals surface area contributed by atoms with Crippen molar-refractivity contribution in [1.82, 2.24) is 14.9 Å². The summed E-state index contributed by atoms with van der Waals surface area (Å²) in [6.45, 7) is 2.03. The normalized spacial score (nSPS) is 12.0. The summed E-state index contributed by atoms with van der Waals surface area (Å²) >= 11 is 0. The molecule has 1 heterocycles. The van der Waals surface area contributed by atoms with Crippen molar-refractivity contribution < 1.29 is 9.90 Å². The van der Waals surface area contributed by atoms with Crippen LogP contribution >= 0.6 is 24.8 Å². The number of nitrogens with one attached hydrogen (secondary N) is 3. The number of rotatable bonds is 13. The number of amides is 1. The summed E-state index contributed by atoms with van der Waals surface area (Å²) in [5.41, 5.74) is 19.3. The molecule has 0 bridgehead atoms. The molecule has 2 unspecified atom stereocenters. The molecule has 1 aromatic heterocycles. The fourth-order valence-electron chi connectivity index (χ4n) is 6.97. The number of nitrogens with two attached hydrogens (primary N) is 2. The number of fused-ring (bicyclic) bond motifs is 1. The second kappa shape index (κ2) is 17.5. The van der Waals surface area contributed by atoms with Crippen LogP contribution in [-0.2, 0) is 13.0 Å². The highest BCUT2D eigenvalue weighted by Gasteiger charge is 2.38. The summed E-state index contributed by atoms with van der Waals surface area (Å²) in [6.07, 6.45) is 0.273. The van der Waals surface area contributed by atoms with Crippen LogP contribution in [0.2, 0.25) is 0 Å². The number of aromatic amines is 1. The third-order valence-electron chi connectivity index (χ3n) is 9.35. The maximum absolute atomic E-state index is 13.6. The van der Waals surface area contributed by atoms with Crippen LogP contribution in [-0.4, -0.2) is 37.7 Å². The number of hydrogen-bond acceptors (Lipinski definition) is 4. The van der Waals surface area contributed by atoms with E-state index in [2.05, 4.69) is 34.2 Å². The van der Waals surface area contributed by atoms with Crippen molar-refractivity contribution in [2.75, 3.05) is 0 Å². The van der Waals surface area contributed by atoms with E-state index in [0.717, 1.165) is 44.7 Å². The first-order chi connectivity index (χ1) is 24.2. The van der Waals surface area contributed by atoms with Gasteiger partial charge in [-0.05, 0) is 65.6 Å². The summed E-state index contributed by atoms with van der Waals surface area (Å²) in [7, 11) is 0. The number of halogens is 2. The predicted molar refractivity (Wildman–Crippen MR) is 213 cm³/mol. The molecule has 52 heavy (non-hydrogen) atoms. The molecule has 8 N–H and O–H groups in total. The number of amidine groups is 2. The van der Waals surface area contributed by atoms with Gasteiger partial charge >= 0.3 is 6.09 Å². The van der Waals surface area contributed by atoms with Gasteiger partial charge in [-0.3, -0.25) is 15.7 Å². The molecule has 2 atom stereocenters. The predicted octanol–water partition coefficient (Wildman–Crippen LogP) is 8.59. The first-order valence-corrected chi connectivity index (χ1v) is 16.6. The molecule has 9 nitrogen and oxygen atoms in total. The molecule has 0 aliphatic carbocycles. The zero-order chi connectivity index (χ0) is 35.2. The zero-order valence-corrected chi connectivity index (χ0v) is 30.3. The lowest BCUT2D eigenvalue weighted by atomic mass is 9.72. The maximum Gasteiger partial charge on any atom is 0.408 e. The van der Waals surface area contributed by atoms with E-state index >= 15 is 0 Å². The van der Waals surface area contributed by atoms with Gasteiger partial charge in [0.15, 0.2) is 0 Å². The number of H-pyrrole nitrogens is 1. The SMILES string of the molecule is Cc1nc2ccc(C(C(CCc3ccc(C(=N)N)cc3)C(c3ccccc3)c3ccccc3)N(Cc3ccc(C(=N)N)cc3)C(=O)O)cc2[nH]1.Cl.Cl. The molecule has 0 fully saturated rings. The molecule has 11 heteroatoms. The summed E-state index contributed by atoms with van der Waals surface area (Å²) in [4.78, 5) is 23.1. The average Bonchev–Trinajstić information content (AvgIpc) is 3.50. The zero-order valence-electron chi connectivity index (χ0n) is 28.7. The summed E-state index contributed by atoms with van der Waals surface area (Å²) < 4.78 is 0. The minimum Gasteiger partial charge on any atom is -0.465 e. The van der Waals surface area contributed by atoms with Crippen LogP contribution in [0, 0.1) is 23.7 Å². The van der Waals surface area contributed by atoms with Crippen molar-refractivity contribution in [2.24, 2.45) is 17.4 Å². The molecule has 6 rings (SSSR count). The highest BCUT2D eigenvalue weighted by Crippen LogP contribution is 2.45. The minimum absolute atomic E-state index is 0. The van der Waals surface area contributed by atoms with Gasteiger partial charge in [-0.15, -0.1) is 24.8 Å². The lowest BCUT2D eigenvalue weighted by molar-refractivity contribution is 0.0921. The van der Waals surface area contributed by atoms with Crippen molar-refractivity contribution in [3.05, 3.63) is 172 Å². The molecule has 6 aromatic rings. The van der Waals surface area contributed by atoms with Crippen LogP contribution in [0.1, 0.15) is 63.1 Å². The Hall–Kier alpha value is -5.64. The van der Waals surface area contributed by atoms with E-state index in [1.807, 2.05) is 97.9 Å². The molecule has 0 aliphatic rings. The first-order valence-electron chi connectivity index (χ1n) is 16.6. The Morgan fingerprint density at radius 3 is 1.77 bits per heavy atom. The quantitative estimate of drug-likeness (QED) is 0.0515. The van der Waals surface area contributed by atoms with Crippen molar-refractivity contribution in [2.45, 2.75) is 38.3 Å². The number of aryl methyl sites for hydroxylation is 2. The highest BCUT2D eigenvalue weighted by atomic mass is 35.5. The van der Waals surface area contributed by atoms with E-state index in [9.17, 15) is 9.90 Å². The van der Waals surface area contributed by atoms with E-state index in [1.165, 1.54) is 0 Å². The second-order valence-electron chi connectivity index (χ2n) is 12.7. The maximum atomic E-state index is 13.6. The van der Waals surface area contributed by atoms with Crippen molar-refractivity contribution in [3.63, 3.8) is 0 Å². The van der Waals surface area contributed by atoms with Gasteiger partial charge in [0, 0.05) is 23.6 Å². The number of carbonyl (C=O) groups is 1. The van der Waals surface area contributed by atoms with E-state index in [4.69, 9.17) is 22.3 Å². The Labute approximate surface area is 315 Å². The molecule has 0 aliphatic heterocycles. The Kier molecular flexibility index (Phi) is 13.2. The average molecular weight is 737 g/mol. The van der Waals surface area contributed by atoms with Gasteiger partial charge in [0.2, 0.25) is 0 Å². The number of carboxylic acid groups (broad SMARTS) is 1. The topological polar surface area (TPSA) is 169 Å². The van der Waals surface area contributed by atoms with Gasteiger partial charge in [-0.1, -0.05) is 115 Å². The first kappa shape index (κ1) is 39.2. The lowest BCUT2D eigenvalue weighted by Crippen LogP contribution is -2.40. The third kappa shape index (κ3) is 8.98. The van der Waals surface area contributed by atoms with E-state index in [-0.39, 0.29) is 54.9 Å². The van der Waals surface area contributed by atoms with Crippen LogP contribution in [0.4, 0.5) is 4.79 Å². The molecule has 268 valence electrons. The number of nitrogens with zero attached hydrogens (tertiary/aromatic N) is 2. The van der Waals surface area contributed by atoms with Gasteiger partial charge in [0.25, 0.3) is 0 Å². The Balaban J connectivity index is 0.00000302. The molecular formula is C41H43Cl2N7O2. The highest BCUT2D eigenvalue weighted by molar-refractivity contribution is 5.95. The van der Waals surface area contributed by atoms with E-state index < -0.39 is 12.1 Å². The molecular weight excluding hydrogens is 693 g/mol. The summed E-state index contributed by atoms with van der Waals surface area (Å²) in [6, 6.07) is 40.9. The fraction of sp³-hybridized carbons (Fsp3) is 0.171. The summed E-state index contributed by atoms with van der Waals surface area (Å²) in [5.74, 6) is 0.353. The van der Waals surface area contributed by atoms with Gasteiger partial charge < -0.3 is 21.6 Å². The molecule has 5 aromatic carbocycles. The molecule has 0 saturated heterocycles. The fourth-order valence-corrected chi connectivity index (χ4v) is 6.97. The van der Waals surface area contributed by atoms with Gasteiger partial charge in [-0.25, -0.2) is 9.78 Å². The Bertz CT molecular complexity index is 2070. The number of nitrogen functional groups attached to an aromatic ring is 2. The molecule has 0 spiro atoms. The van der Waals surface area contributed by atoms with Crippen molar-refractivity contribution >= 4 is 53.6 Å². The minimum atomic E-state index is -1.04. The Morgan fingerprint density at radius 1 is 0.750 bits per heavy atom. The van der Waals surface area contributed by atoms with Crippen LogP contribution in [0.3, 0.4) is 0 Å². The lowest BCUT2D eigenvalue weighted by Gasteiger charge is -2.40. The number of aromatic nitrogens is 2. The van der Waals surface area contributed by atoms with E-state index in [1.54, 1.807) is 17.0 Å². The molecule has 0 radical (unpaired) electrons. The van der Waals surface area contributed by atoms with Crippen molar-refractivity contribution in [3.8, 4) is 0 Å². The third-order valence-corrected chi connectivity index (χ3v) is 9.35. The molecule has 1 amide bonds. The standard InChI is InChI=1S/C41H41N7O2.2ClH/c1-26-46-35-23-21-33(24-36(35)47-26)38(48(41(49)50)25-28-14-19-32(20-15-28)40(44)45)34(22-16-27-12-17-31(18-13-27)39(42)43)37(29-8-4-2-5-9-29)30-10-6-3-7-11-30;;/h2-15,17-21,23-24,34,37-38H,16,22,25H2,1H3,(H3,42,43)(H3,44,45)(H,46,47)(H,49,50);2*1H. The molecule has 0 saturated carbocycles. The van der Waals surface area contributed by atoms with E-state index in [0.29, 0.717) is 24.0 Å². The van der Waals surface area contributed by atoms with Gasteiger partial charge in [0.1, 0.15) is 17.5 Å². The largest absolute Gasteiger partial charge is 0.465 e. The van der Waals surface area contributed by atoms with Crippen LogP contribution in [0.5, 0.6) is 0 Å². The van der Waals surface area contributed by atoms with Crippen LogP contribution in [0.25, 0.3) is 11.0 Å². The Morgan fingerprint density at radius 2 is 1.27 bits per heavy atom. The van der Waals surface area contributed by atoms with Gasteiger partial charge in [-0.2, -0.15) is 0 Å². The number of imidazole rings is 1. The number of benzene rings is 5. The van der Waals surface area contributed by atoms with Crippen molar-refractivity contribution in [1.29, 1.82) is 10.8 Å². The second-order valence-corrected chi connectivity index (χ2v) is 12.7. The van der Waals surface area contributed by atoms with Crippen LogP contribution < -0.4 is 11.5 Å². The van der Waals surface area contributed by atoms with Gasteiger partial charge in [0.05, 0.1) is 17.1 Å². The summed E-state index contributed by atoms with van der Waals surface area (Å²) in [5, 5.41) is 26.8.